The van der Waals surface area contributed by atoms with E-state index in [1.165, 1.54) is 0 Å². The number of nitrogens with zero attached hydrogens (tertiary/aromatic N) is 2. The average molecular weight is 879 g/mol. The number of para-hydroxylation sites is 2. The van der Waals surface area contributed by atoms with Gasteiger partial charge in [-0.25, -0.2) is 0 Å². The van der Waals surface area contributed by atoms with Gasteiger partial charge in [-0.3, -0.25) is 0 Å². The molecule has 2 heteroatoms. The molecule has 0 N–H and O–H groups in total. The Morgan fingerprint density at radius 1 is 0.176 bits per heavy atom. The van der Waals surface area contributed by atoms with Gasteiger partial charge < -0.3 is 9.80 Å². The topological polar surface area (TPSA) is 6.48 Å². The fraction of sp³-hybridized carbons (Fsp3) is 0. The maximum absolute atomic E-state index is 8.47. The predicted octanol–water partition coefficient (Wildman–Crippen LogP) is 18.6. The standard InChI is InChI=1S/C66H48N2/c1-5-13-49(14-6-1)57-33-41-63(42-34-57)67(61-17-9-3-10-18-61)65-45-37-59(38-46-65)55-29-25-53(26-30-55)51-21-23-52(24-22-51)54-27-31-56(32-28-54)60-39-47-66(48-40-60)68(62-19-11-4-12-20-62)64-43-35-58(36-44-64)50-15-7-2-8-16-50/h1-48H/i1D,2D,5D,6D,7D,8D,13D,14D,15D,16D. The van der Waals surface area contributed by atoms with Gasteiger partial charge in [-0.15, -0.1) is 0 Å². The van der Waals surface area contributed by atoms with Crippen LogP contribution >= 0.6 is 0 Å². The van der Waals surface area contributed by atoms with E-state index in [4.69, 9.17) is 13.7 Å². The van der Waals surface area contributed by atoms with Crippen molar-refractivity contribution < 1.29 is 13.7 Å². The summed E-state index contributed by atoms with van der Waals surface area (Å²) in [4.78, 5) is 4.25. The van der Waals surface area contributed by atoms with Crippen LogP contribution in [0.1, 0.15) is 13.7 Å². The first-order valence-electron chi connectivity index (χ1n) is 27.4. The molecule has 11 aromatic carbocycles. The Bertz CT molecular complexity index is 3630. The Hall–Kier alpha value is -8.98. The fourth-order valence-corrected chi connectivity index (χ4v) is 8.56. The highest BCUT2D eigenvalue weighted by atomic mass is 15.1. The van der Waals surface area contributed by atoms with Gasteiger partial charge in [-0.2, -0.15) is 0 Å². The molecule has 0 atom stereocenters. The zero-order valence-corrected chi connectivity index (χ0v) is 36.8. The second-order valence-corrected chi connectivity index (χ2v) is 16.3. The Labute approximate surface area is 414 Å². The number of hydrogen-bond donors (Lipinski definition) is 0. The second kappa shape index (κ2) is 19.2. The third-order valence-electron chi connectivity index (χ3n) is 12.1. The molecule has 0 bridgehead atoms. The lowest BCUT2D eigenvalue weighted by atomic mass is 9.97. The Balaban J connectivity index is 0.769. The molecular weight excluding hydrogens is 821 g/mol. The van der Waals surface area contributed by atoms with E-state index in [0.29, 0.717) is 11.1 Å². The van der Waals surface area contributed by atoms with E-state index >= 15 is 0 Å². The van der Waals surface area contributed by atoms with Crippen molar-refractivity contribution in [3.63, 3.8) is 0 Å². The molecule has 0 saturated heterocycles. The van der Waals surface area contributed by atoms with Crippen molar-refractivity contribution in [3.05, 3.63) is 291 Å². The normalized spacial score (nSPS) is 13.0. The minimum absolute atomic E-state index is 0.174. The van der Waals surface area contributed by atoms with Gasteiger partial charge >= 0.3 is 0 Å². The van der Waals surface area contributed by atoms with Gasteiger partial charge in [0, 0.05) is 34.1 Å². The maximum Gasteiger partial charge on any atom is 0.0629 e. The van der Waals surface area contributed by atoms with Crippen molar-refractivity contribution in [3.8, 4) is 66.8 Å². The SMILES string of the molecule is [2H]c1c([2H])c([2H])c(-c2ccc(N(c3ccccc3)c3ccc(-c4ccc(-c5ccc(-c6ccc(-c7ccc(N(c8ccccc8)c8ccc(-c9c([2H])c([2H])c([2H])c([2H])c9[2H])cc8)cc7)cc6)cc5)cc4)cc3)cc2)c([2H])c1[2H]. The molecule has 68 heavy (non-hydrogen) atoms. The van der Waals surface area contributed by atoms with E-state index in [-0.39, 0.29) is 59.5 Å². The first kappa shape index (κ1) is 31.8. The van der Waals surface area contributed by atoms with Crippen molar-refractivity contribution in [2.75, 3.05) is 9.80 Å². The summed E-state index contributed by atoms with van der Waals surface area (Å²) in [6, 6.07) is 74.3. The quantitative estimate of drug-likeness (QED) is 0.121. The Morgan fingerprint density at radius 2 is 0.353 bits per heavy atom. The molecule has 0 aliphatic rings. The zero-order valence-electron chi connectivity index (χ0n) is 46.8. The molecule has 0 heterocycles. The summed E-state index contributed by atoms with van der Waals surface area (Å²) in [5.41, 5.74) is 15.7. The largest absolute Gasteiger partial charge is 0.311 e. The third kappa shape index (κ3) is 9.00. The summed E-state index contributed by atoms with van der Waals surface area (Å²) in [5.74, 6) is 0. The van der Waals surface area contributed by atoms with Crippen LogP contribution in [0, 0.1) is 0 Å². The van der Waals surface area contributed by atoms with E-state index in [9.17, 15) is 0 Å². The van der Waals surface area contributed by atoms with Crippen LogP contribution < -0.4 is 9.80 Å². The second-order valence-electron chi connectivity index (χ2n) is 16.3. The highest BCUT2D eigenvalue weighted by Gasteiger charge is 2.15. The van der Waals surface area contributed by atoms with Gasteiger partial charge in [-0.1, -0.05) is 218 Å². The van der Waals surface area contributed by atoms with Crippen molar-refractivity contribution in [2.24, 2.45) is 0 Å². The molecule has 0 aromatic heterocycles. The van der Waals surface area contributed by atoms with Crippen molar-refractivity contribution >= 4 is 34.1 Å². The van der Waals surface area contributed by atoms with E-state index in [0.717, 1.165) is 78.6 Å². The first-order chi connectivity index (χ1) is 37.8. The van der Waals surface area contributed by atoms with Crippen molar-refractivity contribution in [2.45, 2.75) is 0 Å². The van der Waals surface area contributed by atoms with Crippen molar-refractivity contribution in [1.82, 2.24) is 0 Å². The number of benzene rings is 11. The monoisotopic (exact) mass is 878 g/mol. The molecule has 0 aliphatic carbocycles. The summed E-state index contributed by atoms with van der Waals surface area (Å²) in [6.45, 7) is 0. The lowest BCUT2D eigenvalue weighted by Crippen LogP contribution is -2.09. The van der Waals surface area contributed by atoms with Gasteiger partial charge in [0.2, 0.25) is 0 Å². The molecule has 11 aromatic rings. The molecule has 0 radical (unpaired) electrons. The zero-order chi connectivity index (χ0) is 54.2. The molecular formula is C66H48N2. The van der Waals surface area contributed by atoms with Crippen LogP contribution in [0.15, 0.2) is 291 Å². The number of anilines is 6. The van der Waals surface area contributed by atoms with E-state index in [1.54, 1.807) is 24.3 Å². The van der Waals surface area contributed by atoms with Crippen LogP contribution in [0.3, 0.4) is 0 Å². The van der Waals surface area contributed by atoms with Gasteiger partial charge in [0.1, 0.15) is 0 Å². The molecule has 11 rings (SSSR count). The van der Waals surface area contributed by atoms with Gasteiger partial charge in [0.25, 0.3) is 0 Å². The molecule has 0 unspecified atom stereocenters. The van der Waals surface area contributed by atoms with E-state index < -0.39 is 12.1 Å². The van der Waals surface area contributed by atoms with Crippen LogP contribution in [-0.4, -0.2) is 0 Å². The summed E-state index contributed by atoms with van der Waals surface area (Å²) in [5, 5.41) is 0. The number of rotatable bonds is 12. The first-order valence-corrected chi connectivity index (χ1v) is 22.4. The highest BCUT2D eigenvalue weighted by molar-refractivity contribution is 5.82. The maximum atomic E-state index is 8.47. The fourth-order valence-electron chi connectivity index (χ4n) is 8.56. The predicted molar refractivity (Wildman–Crippen MR) is 288 cm³/mol. The minimum Gasteiger partial charge on any atom is -0.311 e. The smallest absolute Gasteiger partial charge is 0.0629 e. The summed E-state index contributed by atoms with van der Waals surface area (Å²) >= 11 is 0. The molecule has 0 amide bonds. The van der Waals surface area contributed by atoms with E-state index in [1.807, 2.05) is 84.9 Å². The van der Waals surface area contributed by atoms with Gasteiger partial charge in [0.15, 0.2) is 0 Å². The lowest BCUT2D eigenvalue weighted by Gasteiger charge is -2.26. The third-order valence-corrected chi connectivity index (χ3v) is 12.1. The molecule has 0 fully saturated rings. The van der Waals surface area contributed by atoms with E-state index in [2.05, 4.69) is 131 Å². The molecule has 0 aliphatic heterocycles. The summed E-state index contributed by atoms with van der Waals surface area (Å²) in [6.07, 6.45) is 0. The van der Waals surface area contributed by atoms with Gasteiger partial charge in [-0.05, 0) is 140 Å². The van der Waals surface area contributed by atoms with Crippen LogP contribution in [0.25, 0.3) is 66.8 Å². The Morgan fingerprint density at radius 3 is 0.574 bits per heavy atom. The molecule has 0 saturated carbocycles. The number of hydrogen-bond acceptors (Lipinski definition) is 2. The molecule has 0 spiro atoms. The van der Waals surface area contributed by atoms with Crippen LogP contribution in [0.4, 0.5) is 34.1 Å². The lowest BCUT2D eigenvalue weighted by molar-refractivity contribution is 1.28. The highest BCUT2D eigenvalue weighted by Crippen LogP contribution is 2.39. The summed E-state index contributed by atoms with van der Waals surface area (Å²) < 4.78 is 82.4. The average Bonchev–Trinajstić information content (AvgIpc) is 3.53. The van der Waals surface area contributed by atoms with Crippen molar-refractivity contribution in [1.29, 1.82) is 0 Å². The van der Waals surface area contributed by atoms with Crippen LogP contribution in [-0.2, 0) is 0 Å². The minimum atomic E-state index is -0.411. The van der Waals surface area contributed by atoms with Crippen LogP contribution in [0.2, 0.25) is 0 Å². The Kier molecular flexibility index (Phi) is 9.00. The summed E-state index contributed by atoms with van der Waals surface area (Å²) in [7, 11) is 0. The van der Waals surface area contributed by atoms with Gasteiger partial charge in [0.05, 0.1) is 13.7 Å². The molecule has 2 nitrogen and oxygen atoms in total. The molecule has 322 valence electrons. The van der Waals surface area contributed by atoms with Crippen LogP contribution in [0.5, 0.6) is 0 Å².